The molecule has 0 atom stereocenters. The molecule has 0 spiro atoms. The maximum absolute atomic E-state index is 12.8. The molecule has 8 heteroatoms. The molecule has 2 amide bonds. The molecule has 0 radical (unpaired) electrons. The first kappa shape index (κ1) is 19.2. The van der Waals surface area contributed by atoms with Gasteiger partial charge in [0.15, 0.2) is 10.1 Å². The molecule has 6 nitrogen and oxygen atoms in total. The van der Waals surface area contributed by atoms with Crippen LogP contribution in [0.5, 0.6) is 0 Å². The lowest BCUT2D eigenvalue weighted by Gasteiger charge is -2.03. The summed E-state index contributed by atoms with van der Waals surface area (Å²) < 4.78 is 6.36. The summed E-state index contributed by atoms with van der Waals surface area (Å²) in [6.45, 7) is 0. The van der Waals surface area contributed by atoms with Gasteiger partial charge in [-0.15, -0.1) is 0 Å². The van der Waals surface area contributed by atoms with Crippen LogP contribution >= 0.6 is 23.1 Å². The number of carbonyl (C=O) groups excluding carboxylic acids is 2. The van der Waals surface area contributed by atoms with Crippen molar-refractivity contribution >= 4 is 50.9 Å². The highest BCUT2D eigenvalue weighted by Gasteiger charge is 2.19. The fourth-order valence-electron chi connectivity index (χ4n) is 2.70. The van der Waals surface area contributed by atoms with Crippen molar-refractivity contribution < 1.29 is 14.0 Å². The number of anilines is 1. The van der Waals surface area contributed by atoms with Gasteiger partial charge in [0.05, 0.1) is 5.75 Å². The van der Waals surface area contributed by atoms with Crippen LogP contribution < -0.4 is 10.6 Å². The van der Waals surface area contributed by atoms with Gasteiger partial charge < -0.3 is 15.1 Å². The predicted molar refractivity (Wildman–Crippen MR) is 117 cm³/mol. The SMILES string of the molecule is CNC(=O)CSc1nc(-c2ccccc2)c(NC(=O)c2cc3ccccc3o2)s1. The van der Waals surface area contributed by atoms with E-state index < -0.39 is 0 Å². The van der Waals surface area contributed by atoms with E-state index in [-0.39, 0.29) is 23.3 Å². The van der Waals surface area contributed by atoms with E-state index in [0.717, 1.165) is 10.9 Å². The first-order valence-corrected chi connectivity index (χ1v) is 10.6. The van der Waals surface area contributed by atoms with E-state index >= 15 is 0 Å². The van der Waals surface area contributed by atoms with Crippen molar-refractivity contribution in [2.75, 3.05) is 18.1 Å². The topological polar surface area (TPSA) is 84.2 Å². The molecule has 0 aliphatic carbocycles. The van der Waals surface area contributed by atoms with Gasteiger partial charge in [-0.3, -0.25) is 9.59 Å². The molecule has 0 fully saturated rings. The van der Waals surface area contributed by atoms with Crippen molar-refractivity contribution in [3.05, 3.63) is 66.4 Å². The van der Waals surface area contributed by atoms with E-state index in [9.17, 15) is 9.59 Å². The second-order valence-electron chi connectivity index (χ2n) is 6.09. The molecule has 2 aromatic heterocycles. The van der Waals surface area contributed by atoms with Crippen LogP contribution in [0.1, 0.15) is 10.6 Å². The second-order valence-corrected chi connectivity index (χ2v) is 8.31. The Balaban J connectivity index is 1.62. The fraction of sp³-hybridized carbons (Fsp3) is 0.0952. The zero-order chi connectivity index (χ0) is 20.2. The third-order valence-electron chi connectivity index (χ3n) is 4.14. The minimum atomic E-state index is -0.343. The molecule has 0 unspecified atom stereocenters. The molecule has 146 valence electrons. The number of carbonyl (C=O) groups is 2. The number of amides is 2. The van der Waals surface area contributed by atoms with E-state index in [4.69, 9.17) is 4.42 Å². The lowest BCUT2D eigenvalue weighted by atomic mass is 10.2. The number of aromatic nitrogens is 1. The van der Waals surface area contributed by atoms with E-state index in [2.05, 4.69) is 15.6 Å². The van der Waals surface area contributed by atoms with Crippen LogP contribution in [0.2, 0.25) is 0 Å². The largest absolute Gasteiger partial charge is 0.451 e. The summed E-state index contributed by atoms with van der Waals surface area (Å²) in [6.07, 6.45) is 0. The summed E-state index contributed by atoms with van der Waals surface area (Å²) >= 11 is 2.67. The number of furan rings is 1. The number of nitrogens with one attached hydrogen (secondary N) is 2. The number of hydrogen-bond acceptors (Lipinski definition) is 6. The number of para-hydroxylation sites is 1. The van der Waals surface area contributed by atoms with Gasteiger partial charge >= 0.3 is 0 Å². The van der Waals surface area contributed by atoms with Crippen molar-refractivity contribution in [3.63, 3.8) is 0 Å². The molecule has 0 aliphatic heterocycles. The number of fused-ring (bicyclic) bond motifs is 1. The first-order valence-electron chi connectivity index (χ1n) is 8.83. The lowest BCUT2D eigenvalue weighted by Crippen LogP contribution is -2.19. The van der Waals surface area contributed by atoms with Gasteiger partial charge in [0.2, 0.25) is 5.91 Å². The summed E-state index contributed by atoms with van der Waals surface area (Å²) in [6, 6.07) is 18.8. The standard InChI is InChI=1S/C21H17N3O3S2/c1-22-17(25)12-28-21-23-18(13-7-3-2-4-8-13)20(29-21)24-19(26)16-11-14-9-5-6-10-15(14)27-16/h2-11H,12H2,1H3,(H,22,25)(H,24,26). The summed E-state index contributed by atoms with van der Waals surface area (Å²) in [7, 11) is 1.60. The van der Waals surface area contributed by atoms with Crippen molar-refractivity contribution in [2.24, 2.45) is 0 Å². The monoisotopic (exact) mass is 423 g/mol. The third kappa shape index (κ3) is 4.33. The van der Waals surface area contributed by atoms with Gasteiger partial charge in [-0.25, -0.2) is 4.98 Å². The van der Waals surface area contributed by atoms with Gasteiger partial charge in [0.25, 0.3) is 5.91 Å². The van der Waals surface area contributed by atoms with Crippen LogP contribution in [0.4, 0.5) is 5.00 Å². The number of hydrogen-bond donors (Lipinski definition) is 2. The fourth-order valence-corrected chi connectivity index (χ4v) is 4.63. The van der Waals surface area contributed by atoms with E-state index in [1.54, 1.807) is 13.1 Å². The molecule has 2 heterocycles. The van der Waals surface area contributed by atoms with Gasteiger partial charge in [0.1, 0.15) is 16.3 Å². The molecule has 0 saturated carbocycles. The number of thiazole rings is 1. The van der Waals surface area contributed by atoms with Crippen LogP contribution in [-0.2, 0) is 4.79 Å². The Morgan fingerprint density at radius 2 is 1.86 bits per heavy atom. The maximum Gasteiger partial charge on any atom is 0.292 e. The van der Waals surface area contributed by atoms with Gasteiger partial charge in [-0.1, -0.05) is 71.6 Å². The Hall–Kier alpha value is -3.10. The zero-order valence-corrected chi connectivity index (χ0v) is 17.1. The Morgan fingerprint density at radius 1 is 1.10 bits per heavy atom. The van der Waals surface area contributed by atoms with Crippen LogP contribution in [0.25, 0.3) is 22.2 Å². The molecule has 0 aliphatic rings. The third-order valence-corrected chi connectivity index (χ3v) is 6.25. The average Bonchev–Trinajstić information content (AvgIpc) is 3.36. The van der Waals surface area contributed by atoms with Gasteiger partial charge in [-0.05, 0) is 12.1 Å². The van der Waals surface area contributed by atoms with Crippen LogP contribution in [0, 0.1) is 0 Å². The molecule has 2 aromatic carbocycles. The van der Waals surface area contributed by atoms with Crippen molar-refractivity contribution in [2.45, 2.75) is 4.34 Å². The van der Waals surface area contributed by atoms with Gasteiger partial charge in [0, 0.05) is 18.0 Å². The van der Waals surface area contributed by atoms with Gasteiger partial charge in [-0.2, -0.15) is 0 Å². The van der Waals surface area contributed by atoms with E-state index in [1.165, 1.54) is 23.1 Å². The molecular formula is C21H17N3O3S2. The highest BCUT2D eigenvalue weighted by Crippen LogP contribution is 2.38. The zero-order valence-electron chi connectivity index (χ0n) is 15.5. The first-order chi connectivity index (χ1) is 14.1. The second kappa shape index (κ2) is 8.50. The minimum Gasteiger partial charge on any atom is -0.451 e. The molecule has 4 rings (SSSR count). The van der Waals surface area contributed by atoms with Crippen molar-refractivity contribution in [1.29, 1.82) is 0 Å². The summed E-state index contributed by atoms with van der Waals surface area (Å²) in [4.78, 5) is 29.0. The molecule has 0 bridgehead atoms. The highest BCUT2D eigenvalue weighted by molar-refractivity contribution is 8.01. The summed E-state index contributed by atoms with van der Waals surface area (Å²) in [5.41, 5.74) is 2.21. The molecule has 2 N–H and O–H groups in total. The maximum atomic E-state index is 12.8. The van der Waals surface area contributed by atoms with Crippen LogP contribution in [-0.4, -0.2) is 29.6 Å². The van der Waals surface area contributed by atoms with Crippen molar-refractivity contribution in [3.8, 4) is 11.3 Å². The molecule has 4 aromatic rings. The smallest absolute Gasteiger partial charge is 0.292 e. The Bertz CT molecular complexity index is 1140. The molecule has 29 heavy (non-hydrogen) atoms. The summed E-state index contributed by atoms with van der Waals surface area (Å²) in [5.74, 6) is 0.0669. The van der Waals surface area contributed by atoms with E-state index in [1.807, 2.05) is 54.6 Å². The Kier molecular flexibility index (Phi) is 5.64. The highest BCUT2D eigenvalue weighted by atomic mass is 32.2. The van der Waals surface area contributed by atoms with Crippen LogP contribution in [0.15, 0.2) is 69.4 Å². The number of thioether (sulfide) groups is 1. The van der Waals surface area contributed by atoms with Crippen molar-refractivity contribution in [1.82, 2.24) is 10.3 Å². The average molecular weight is 424 g/mol. The Labute approximate surface area is 175 Å². The molecular weight excluding hydrogens is 406 g/mol. The normalized spacial score (nSPS) is 10.8. The summed E-state index contributed by atoms with van der Waals surface area (Å²) in [5, 5.41) is 6.99. The predicted octanol–water partition coefficient (Wildman–Crippen LogP) is 4.65. The quantitative estimate of drug-likeness (QED) is 0.441. The number of benzene rings is 2. The Morgan fingerprint density at radius 3 is 2.62 bits per heavy atom. The van der Waals surface area contributed by atoms with E-state index in [0.29, 0.717) is 20.6 Å². The van der Waals surface area contributed by atoms with Crippen LogP contribution in [0.3, 0.4) is 0 Å². The lowest BCUT2D eigenvalue weighted by molar-refractivity contribution is -0.118. The minimum absolute atomic E-state index is 0.0840. The number of rotatable bonds is 6. The number of nitrogens with zero attached hydrogens (tertiary/aromatic N) is 1. The molecule has 0 saturated heterocycles.